The second kappa shape index (κ2) is 12.9. The van der Waals surface area contributed by atoms with Crippen molar-refractivity contribution in [1.82, 2.24) is 0 Å². The molecule has 0 aliphatic rings. The highest BCUT2D eigenvalue weighted by Gasteiger charge is 2.65. The molecule has 0 aliphatic carbocycles. The first-order valence-corrected chi connectivity index (χ1v) is 14.8. The van der Waals surface area contributed by atoms with Crippen molar-refractivity contribution in [3.05, 3.63) is 6.04 Å². The zero-order valence-electron chi connectivity index (χ0n) is 18.2. The van der Waals surface area contributed by atoms with Gasteiger partial charge in [0.05, 0.1) is 0 Å². The van der Waals surface area contributed by atoms with E-state index in [1.165, 1.54) is 64.0 Å². The topological polar surface area (TPSA) is 111 Å². The van der Waals surface area contributed by atoms with Crippen LogP contribution in [0.3, 0.4) is 0 Å². The molecule has 0 aromatic heterocycles. The molecule has 12 nitrogen and oxygen atoms in total. The molecule has 0 N–H and O–H groups in total. The molecule has 28 heavy (non-hydrogen) atoms. The minimum absolute atomic E-state index is 0.469. The van der Waals surface area contributed by atoms with Gasteiger partial charge in [-0.25, -0.2) is 0 Å². The number of hydrogen-bond donors (Lipinski definition) is 0. The Morgan fingerprint density at radius 3 is 0.821 bits per heavy atom. The van der Waals surface area contributed by atoms with E-state index >= 15 is 0 Å². The maximum Gasteiger partial charge on any atom is 0.671 e. The Bertz CT molecular complexity index is 340. The van der Waals surface area contributed by atoms with Crippen molar-refractivity contribution in [2.24, 2.45) is 0 Å². The molecule has 0 aliphatic heterocycles. The van der Waals surface area contributed by atoms with E-state index in [1.807, 2.05) is 6.92 Å². The first-order valence-electron chi connectivity index (χ1n) is 8.14. The summed E-state index contributed by atoms with van der Waals surface area (Å²) < 4.78 is 66.8. The second-order valence-electron chi connectivity index (χ2n) is 4.86. The zero-order valence-corrected chi connectivity index (χ0v) is 22.2. The molecule has 0 unspecified atom stereocenters. The van der Waals surface area contributed by atoms with Crippen molar-refractivity contribution in [2.75, 3.05) is 64.0 Å². The van der Waals surface area contributed by atoms with Gasteiger partial charge in [-0.05, 0) is 6.42 Å². The molecule has 0 rings (SSSR count). The summed E-state index contributed by atoms with van der Waals surface area (Å²) in [7, 11) is -2.55. The van der Waals surface area contributed by atoms with E-state index in [1.54, 1.807) is 6.04 Å². The Hall–Kier alpha value is 0.388. The van der Waals surface area contributed by atoms with Crippen LogP contribution in [0.15, 0.2) is 0 Å². The van der Waals surface area contributed by atoms with Crippen LogP contribution in [0.2, 0.25) is 0 Å². The first kappa shape index (κ1) is 28.4. The van der Waals surface area contributed by atoms with Crippen molar-refractivity contribution in [3.63, 3.8) is 0 Å². The average Bonchev–Trinajstić information content (AvgIpc) is 2.75. The van der Waals surface area contributed by atoms with Crippen molar-refractivity contribution in [1.29, 1.82) is 0 Å². The van der Waals surface area contributed by atoms with Crippen LogP contribution in [0.25, 0.3) is 0 Å². The van der Waals surface area contributed by atoms with Gasteiger partial charge in [0.25, 0.3) is 0 Å². The van der Waals surface area contributed by atoms with Crippen molar-refractivity contribution in [2.45, 2.75) is 13.3 Å². The van der Waals surface area contributed by atoms with Crippen LogP contribution in [-0.2, 0) is 52.2 Å². The third kappa shape index (κ3) is 6.97. The Kier molecular flexibility index (Phi) is 13.1. The summed E-state index contributed by atoms with van der Waals surface area (Å²) >= 11 is 0. The molecule has 0 saturated heterocycles. The average molecular weight is 482 g/mol. The van der Waals surface area contributed by atoms with E-state index in [-0.39, 0.29) is 0 Å². The summed E-state index contributed by atoms with van der Waals surface area (Å²) in [6, 6.07) is 1.66. The molecule has 0 heterocycles. The standard InChI is InChI=1S/C12H33O12Si4/c1-11-12-25(22-26(13-2,14-3)15-4,23-27(16-5,17-6)18-7)24-28(19-8,20-9)21-10/h12H,11H2,1-10H3. The third-order valence-corrected chi connectivity index (χ3v) is 15.3. The van der Waals surface area contributed by atoms with Gasteiger partial charge in [0.2, 0.25) is 0 Å². The molecular weight excluding hydrogens is 448 g/mol. The number of hydrogen-bond acceptors (Lipinski definition) is 12. The van der Waals surface area contributed by atoms with Crippen LogP contribution in [0.4, 0.5) is 0 Å². The quantitative estimate of drug-likeness (QED) is 0.266. The van der Waals surface area contributed by atoms with E-state index in [2.05, 4.69) is 0 Å². The SMILES string of the molecule is CC[CH][Si](O[Si](OC)(OC)OC)(O[Si](OC)(OC)OC)O[Si](OC)(OC)OC. The minimum atomic E-state index is -3.96. The van der Waals surface area contributed by atoms with Gasteiger partial charge in [-0.1, -0.05) is 6.92 Å². The first-order chi connectivity index (χ1) is 13.2. The molecule has 0 atom stereocenters. The Morgan fingerprint density at radius 1 is 0.464 bits per heavy atom. The van der Waals surface area contributed by atoms with Crippen LogP contribution in [0.5, 0.6) is 0 Å². The van der Waals surface area contributed by atoms with Gasteiger partial charge in [-0.15, -0.1) is 0 Å². The molecule has 169 valence electrons. The highest BCUT2D eigenvalue weighted by Crippen LogP contribution is 2.30. The zero-order chi connectivity index (χ0) is 21.9. The Morgan fingerprint density at radius 2 is 0.679 bits per heavy atom. The maximum absolute atomic E-state index is 6.14. The molecule has 0 fully saturated rings. The molecule has 0 saturated carbocycles. The van der Waals surface area contributed by atoms with Crippen LogP contribution in [0, 0.1) is 6.04 Å². The summed E-state index contributed by atoms with van der Waals surface area (Å²) in [5, 5.41) is 0. The summed E-state index contributed by atoms with van der Waals surface area (Å²) in [5.41, 5.74) is 0. The maximum atomic E-state index is 6.14. The highest BCUT2D eigenvalue weighted by molar-refractivity contribution is 6.84. The summed E-state index contributed by atoms with van der Waals surface area (Å²) in [5.74, 6) is 0. The fourth-order valence-corrected chi connectivity index (χ4v) is 13.9. The lowest BCUT2D eigenvalue weighted by Crippen LogP contribution is -2.69. The lowest BCUT2D eigenvalue weighted by Gasteiger charge is -2.41. The molecule has 16 heteroatoms. The van der Waals surface area contributed by atoms with Crippen molar-refractivity contribution < 1.29 is 52.2 Å². The van der Waals surface area contributed by atoms with E-state index in [9.17, 15) is 0 Å². The lowest BCUT2D eigenvalue weighted by molar-refractivity contribution is -0.0231. The van der Waals surface area contributed by atoms with Crippen LogP contribution >= 0.6 is 0 Å². The van der Waals surface area contributed by atoms with Gasteiger partial charge >= 0.3 is 35.9 Å². The second-order valence-corrected chi connectivity index (χ2v) is 15.6. The lowest BCUT2D eigenvalue weighted by atomic mass is 10.6. The summed E-state index contributed by atoms with van der Waals surface area (Å²) in [6.45, 7) is 1.86. The van der Waals surface area contributed by atoms with Crippen LogP contribution in [0.1, 0.15) is 13.3 Å². The van der Waals surface area contributed by atoms with E-state index in [0.717, 1.165) is 0 Å². The molecule has 0 aromatic rings. The van der Waals surface area contributed by atoms with E-state index < -0.39 is 35.9 Å². The number of rotatable bonds is 17. The molecular formula is C12H33O12Si4. The van der Waals surface area contributed by atoms with Gasteiger partial charge in [0.15, 0.2) is 0 Å². The molecule has 0 spiro atoms. The molecule has 1 radical (unpaired) electrons. The van der Waals surface area contributed by atoms with Gasteiger partial charge in [0, 0.05) is 70.0 Å². The predicted octanol–water partition coefficient (Wildman–Crippen LogP) is 0.253. The Labute approximate surface area is 171 Å². The third-order valence-electron chi connectivity index (χ3n) is 3.51. The smallest absolute Gasteiger partial charge is 0.355 e. The van der Waals surface area contributed by atoms with Gasteiger partial charge in [-0.2, -0.15) is 0 Å². The molecule has 0 bridgehead atoms. The van der Waals surface area contributed by atoms with E-state index in [0.29, 0.717) is 6.42 Å². The Balaban J connectivity index is 6.39. The predicted molar refractivity (Wildman–Crippen MR) is 104 cm³/mol. The van der Waals surface area contributed by atoms with Crippen molar-refractivity contribution >= 4 is 35.9 Å². The fraction of sp³-hybridized carbons (Fsp3) is 0.917. The van der Waals surface area contributed by atoms with E-state index in [4.69, 9.17) is 52.2 Å². The summed E-state index contributed by atoms with van der Waals surface area (Å²) in [4.78, 5) is 0. The fourth-order valence-electron chi connectivity index (χ4n) is 2.09. The van der Waals surface area contributed by atoms with Crippen molar-refractivity contribution in [3.8, 4) is 0 Å². The van der Waals surface area contributed by atoms with Gasteiger partial charge in [-0.3, -0.25) is 0 Å². The monoisotopic (exact) mass is 481 g/mol. The molecule has 0 aromatic carbocycles. The van der Waals surface area contributed by atoms with Crippen LogP contribution < -0.4 is 0 Å². The van der Waals surface area contributed by atoms with Gasteiger partial charge in [0.1, 0.15) is 0 Å². The molecule has 0 amide bonds. The largest absolute Gasteiger partial charge is 0.671 e. The van der Waals surface area contributed by atoms with Crippen LogP contribution in [-0.4, -0.2) is 99.9 Å². The highest BCUT2D eigenvalue weighted by atomic mass is 28.5. The van der Waals surface area contributed by atoms with Gasteiger partial charge < -0.3 is 52.2 Å². The summed E-state index contributed by atoms with van der Waals surface area (Å²) in [6.07, 6.45) is 0.469. The minimum Gasteiger partial charge on any atom is -0.355 e. The normalized spacial score (nSPS) is 13.9.